The van der Waals surface area contributed by atoms with Gasteiger partial charge in [0.2, 0.25) is 0 Å². The number of rotatable bonds is 7. The van der Waals surface area contributed by atoms with Gasteiger partial charge < -0.3 is 127 Å². The van der Waals surface area contributed by atoms with Gasteiger partial charge in [-0.05, 0) is 23.7 Å². The van der Waals surface area contributed by atoms with Crippen molar-refractivity contribution in [3.05, 3.63) is 127 Å². The molecule has 5 saturated carbocycles. The summed E-state index contributed by atoms with van der Waals surface area (Å²) in [6.45, 7) is 37.1. The minimum Gasteiger partial charge on any atom is -0.723 e. The maximum absolute atomic E-state index is 5.04. The topological polar surface area (TPSA) is 70.5 Å². The van der Waals surface area contributed by atoms with Crippen molar-refractivity contribution in [2.24, 2.45) is 23.7 Å². The third-order valence-electron chi connectivity index (χ3n) is 9.79. The van der Waals surface area contributed by atoms with Crippen LogP contribution in [0.25, 0.3) is 26.6 Å². The summed E-state index contributed by atoms with van der Waals surface area (Å²) in [6, 6.07) is 0. The molecule has 0 N–H and O–H groups in total. The van der Waals surface area contributed by atoms with Crippen LogP contribution in [0.5, 0.6) is 0 Å². The van der Waals surface area contributed by atoms with Crippen LogP contribution >= 0.6 is 0 Å². The minimum atomic E-state index is 0. The van der Waals surface area contributed by atoms with Gasteiger partial charge in [-0.2, -0.15) is 0 Å². The Labute approximate surface area is 455 Å². The van der Waals surface area contributed by atoms with E-state index in [4.69, 9.17) is 32.9 Å². The van der Waals surface area contributed by atoms with Gasteiger partial charge in [-0.25, -0.2) is 0 Å². The normalized spacial score (nSPS) is 14.1. The summed E-state index contributed by atoms with van der Waals surface area (Å²) in [5.41, 5.74) is 1.26. The quantitative estimate of drug-likeness (QED) is 0.228. The molecular formula is C53H106Co5N5-2. The molecule has 5 fully saturated rings. The molecule has 390 valence electrons. The van der Waals surface area contributed by atoms with Crippen LogP contribution in [0.3, 0.4) is 0 Å². The molecule has 5 aliphatic rings. The van der Waals surface area contributed by atoms with Crippen molar-refractivity contribution in [3.63, 3.8) is 0 Å². The van der Waals surface area contributed by atoms with Gasteiger partial charge in [0, 0.05) is 0 Å². The van der Waals surface area contributed by atoms with Crippen LogP contribution in [-0.4, -0.2) is 35.2 Å². The monoisotopic (exact) mass is 1110 g/mol. The van der Waals surface area contributed by atoms with Crippen LogP contribution in [0.2, 0.25) is 0 Å². The molecule has 5 rings (SSSR count). The van der Waals surface area contributed by atoms with E-state index in [0.717, 1.165) is 23.7 Å². The van der Waals surface area contributed by atoms with E-state index in [9.17, 15) is 0 Å². The molecule has 0 aromatic heterocycles. The number of hydrogen-bond acceptors (Lipinski definition) is 0. The second kappa shape index (κ2) is 96.3. The van der Waals surface area contributed by atoms with Gasteiger partial charge in [0.1, 0.15) is 0 Å². The molecule has 0 atom stereocenters. The van der Waals surface area contributed by atoms with Crippen molar-refractivity contribution < 1.29 is 83.9 Å². The fourth-order valence-electron chi connectivity index (χ4n) is 5.98. The molecule has 2 radical (unpaired) electrons. The molecule has 0 aliphatic heterocycles. The van der Waals surface area contributed by atoms with Crippen LogP contribution < -0.4 is 0 Å². The van der Waals surface area contributed by atoms with E-state index >= 15 is 0 Å². The Hall–Kier alpha value is 0.232. The van der Waals surface area contributed by atoms with E-state index in [2.05, 4.69) is 54.3 Å². The predicted octanol–water partition coefficient (Wildman–Crippen LogP) is 19.2. The fraction of sp³-hybridized carbons (Fsp3) is 0.717. The summed E-state index contributed by atoms with van der Waals surface area (Å²) < 4.78 is 0. The zero-order valence-electron chi connectivity index (χ0n) is 44.1. The Morgan fingerprint density at radius 1 is 0.413 bits per heavy atom. The average Bonchev–Trinajstić information content (AvgIpc) is 4.04. The Bertz CT molecular complexity index is 661. The Morgan fingerprint density at radius 3 is 0.619 bits per heavy atom. The zero-order valence-corrected chi connectivity index (χ0v) is 49.3. The molecule has 0 aromatic carbocycles. The van der Waals surface area contributed by atoms with Gasteiger partial charge in [-0.1, -0.05) is 189 Å². The molecular weight excluding hydrogens is 1000 g/mol. The zero-order chi connectivity index (χ0) is 41.4. The third-order valence-corrected chi connectivity index (χ3v) is 9.79. The molecule has 0 saturated heterocycles. The van der Waals surface area contributed by atoms with Crippen molar-refractivity contribution in [1.82, 2.24) is 0 Å². The second-order valence-corrected chi connectivity index (χ2v) is 14.6. The fourth-order valence-corrected chi connectivity index (χ4v) is 5.98. The molecule has 0 unspecified atom stereocenters. The van der Waals surface area contributed by atoms with Crippen LogP contribution in [0.4, 0.5) is 0 Å². The molecule has 0 bridgehead atoms. The molecule has 10 heteroatoms. The van der Waals surface area contributed by atoms with E-state index in [1.165, 1.54) is 166 Å². The molecule has 63 heavy (non-hydrogen) atoms. The predicted molar refractivity (Wildman–Crippen MR) is 275 cm³/mol. The number of nitrogens with zero attached hydrogens (tertiary/aromatic N) is 5. The van der Waals surface area contributed by atoms with Crippen molar-refractivity contribution in [3.8, 4) is 0 Å². The van der Waals surface area contributed by atoms with Gasteiger partial charge in [-0.15, -0.1) is 35.2 Å². The van der Waals surface area contributed by atoms with E-state index < -0.39 is 0 Å². The summed E-state index contributed by atoms with van der Waals surface area (Å²) in [6.07, 6.45) is 38.0. The van der Waals surface area contributed by atoms with Crippen molar-refractivity contribution >= 4 is 0 Å². The van der Waals surface area contributed by atoms with Gasteiger partial charge in [0.05, 0.1) is 0 Å². The molecule has 0 amide bonds. The van der Waals surface area contributed by atoms with Crippen molar-refractivity contribution in [2.45, 2.75) is 189 Å². The van der Waals surface area contributed by atoms with Crippen LogP contribution in [0, 0.1) is 93.7 Å². The Balaban J connectivity index is -0.0000000309. The summed E-state index contributed by atoms with van der Waals surface area (Å²) in [5, 5.41) is 17.3. The summed E-state index contributed by atoms with van der Waals surface area (Å²) >= 11 is 0. The van der Waals surface area contributed by atoms with Crippen molar-refractivity contribution in [2.75, 3.05) is 35.2 Å². The van der Waals surface area contributed by atoms with Gasteiger partial charge in [0.15, 0.2) is 0 Å². The third kappa shape index (κ3) is 115. The van der Waals surface area contributed by atoms with Crippen LogP contribution in [0.15, 0.2) is 30.0 Å². The largest absolute Gasteiger partial charge is 3.00 e. The maximum Gasteiger partial charge on any atom is 3.00 e. The standard InChI is InChI=1S/2C7H14.2C6H12.C5H10.2C4H7N.3C3H5N.5CH3.5Co/c2*1-2-7-5-3-4-6-7;2*1-6-4-2-3-5-6;1-2-4-5-3-1;2*1-4(2)5-3;3*1-3-4-2;;;;;;;;;;/h2*7H,2-6H2,1H3;2*6H,2-5H2,1H3;1-5H2;2*1H,2-3H3;3*1,3H,2H3;5*1H3;;;;;/q;;;;;5*-2;5*-1;2*+2;3*+3. The summed E-state index contributed by atoms with van der Waals surface area (Å²) in [7, 11) is 8.20. The van der Waals surface area contributed by atoms with E-state index in [1.54, 1.807) is 49.1 Å². The Kier molecular flexibility index (Phi) is 161. The Morgan fingerprint density at radius 2 is 0.556 bits per heavy atom. The van der Waals surface area contributed by atoms with Crippen molar-refractivity contribution in [1.29, 1.82) is 0 Å². The van der Waals surface area contributed by atoms with E-state index in [0.29, 0.717) is 11.4 Å². The molecule has 0 heterocycles. The second-order valence-electron chi connectivity index (χ2n) is 14.6. The minimum absolute atomic E-state index is 0. The van der Waals surface area contributed by atoms with Gasteiger partial charge in [-0.3, -0.25) is 0 Å². The van der Waals surface area contributed by atoms with Crippen LogP contribution in [0.1, 0.15) is 189 Å². The first-order valence-corrected chi connectivity index (χ1v) is 21.2. The van der Waals surface area contributed by atoms with Gasteiger partial charge in [0.25, 0.3) is 0 Å². The molecule has 0 aromatic rings. The first-order chi connectivity index (χ1) is 25.4. The van der Waals surface area contributed by atoms with Crippen LogP contribution in [-0.2, 0) is 83.9 Å². The van der Waals surface area contributed by atoms with Gasteiger partial charge >= 0.3 is 83.9 Å². The molecule has 0 spiro atoms. The SMILES string of the molecule is C1CCCC1.CC1CCCC1.CC1CCCC1.CCC1CCCC1.CCC1CCCC1.[CH-]=C(C)[N-]C.[CH-]=C(C)[N-]C.[CH-]=C[N-]C.[CH-]=C[N-]C.[CH-]=C[N-]C.[CH3-].[CH3-].[CH3-].[CH3-].[CH3-].[Co+2].[Co+2].[Co+3].[Co+3].[Co+3]. The van der Waals surface area contributed by atoms with E-state index in [1.807, 2.05) is 0 Å². The summed E-state index contributed by atoms with van der Waals surface area (Å²) in [4.78, 5) is 0. The maximum atomic E-state index is 5.04. The first-order valence-electron chi connectivity index (χ1n) is 21.2. The van der Waals surface area contributed by atoms with E-state index in [-0.39, 0.29) is 121 Å². The average molecular weight is 1110 g/mol. The smallest absolute Gasteiger partial charge is 0.723 e. The number of allylic oxidation sites excluding steroid dienone is 2. The molecule has 5 nitrogen and oxygen atoms in total. The first kappa shape index (κ1) is 105. The molecule has 5 aliphatic carbocycles. The summed E-state index contributed by atoms with van der Waals surface area (Å²) in [5.74, 6) is 4.29. The number of hydrogen-bond donors (Lipinski definition) is 0.